The summed E-state index contributed by atoms with van der Waals surface area (Å²) in [6.07, 6.45) is 4.70. The van der Waals surface area contributed by atoms with Crippen molar-refractivity contribution in [2.24, 2.45) is 0 Å². The van der Waals surface area contributed by atoms with Crippen molar-refractivity contribution in [2.45, 2.75) is 46.1 Å². The molecule has 22 heavy (non-hydrogen) atoms. The van der Waals surface area contributed by atoms with Crippen LogP contribution in [0.5, 0.6) is 0 Å². The van der Waals surface area contributed by atoms with Crippen LogP contribution in [-0.2, 0) is 19.4 Å². The average molecular weight is 296 g/mol. The highest BCUT2D eigenvalue weighted by Crippen LogP contribution is 2.26. The van der Waals surface area contributed by atoms with Crippen molar-refractivity contribution in [3.8, 4) is 11.3 Å². The monoisotopic (exact) mass is 296 g/mol. The van der Waals surface area contributed by atoms with Crippen molar-refractivity contribution in [1.29, 1.82) is 0 Å². The summed E-state index contributed by atoms with van der Waals surface area (Å²) in [5, 5.41) is 4.40. The van der Waals surface area contributed by atoms with E-state index in [1.54, 1.807) is 6.07 Å². The first-order valence-electron chi connectivity index (χ1n) is 7.85. The minimum absolute atomic E-state index is 0.213. The van der Waals surface area contributed by atoms with Gasteiger partial charge in [-0.2, -0.15) is 5.10 Å². The number of benzene rings is 1. The average Bonchev–Trinajstić information content (AvgIpc) is 2.54. The van der Waals surface area contributed by atoms with Crippen LogP contribution in [0.25, 0.3) is 11.3 Å². The van der Waals surface area contributed by atoms with Crippen LogP contribution in [-0.4, -0.2) is 15.6 Å². The van der Waals surface area contributed by atoms with Gasteiger partial charge in [0.1, 0.15) is 0 Å². The maximum atomic E-state index is 12.1. The number of fused-ring (bicyclic) bond motifs is 1. The Labute approximate surface area is 129 Å². The Morgan fingerprint density at radius 3 is 2.59 bits per heavy atom. The Morgan fingerprint density at radius 1 is 1.18 bits per heavy atom. The lowest BCUT2D eigenvalue weighted by molar-refractivity contribution is 0.101. The summed E-state index contributed by atoms with van der Waals surface area (Å²) in [4.78, 5) is 23.8. The number of nitrogens with zero attached hydrogens (tertiary/aromatic N) is 2. The van der Waals surface area contributed by atoms with Crippen LogP contribution in [0.2, 0.25) is 0 Å². The zero-order valence-corrected chi connectivity index (χ0v) is 13.1. The molecule has 4 nitrogen and oxygen atoms in total. The molecule has 0 fully saturated rings. The molecule has 0 atom stereocenters. The summed E-state index contributed by atoms with van der Waals surface area (Å²) in [6.45, 7) is 3.74. The molecule has 1 aliphatic rings. The Morgan fingerprint density at radius 2 is 1.91 bits per heavy atom. The van der Waals surface area contributed by atoms with E-state index in [4.69, 9.17) is 0 Å². The van der Waals surface area contributed by atoms with Gasteiger partial charge in [0.2, 0.25) is 0 Å². The van der Waals surface area contributed by atoms with Gasteiger partial charge in [-0.3, -0.25) is 9.59 Å². The van der Waals surface area contributed by atoms with Crippen LogP contribution in [0.1, 0.15) is 48.2 Å². The number of carbonyl (C=O) groups excluding carboxylic acids is 1. The molecule has 0 unspecified atom stereocenters. The second-order valence-electron chi connectivity index (χ2n) is 5.81. The van der Waals surface area contributed by atoms with Crippen molar-refractivity contribution in [1.82, 2.24) is 9.78 Å². The molecule has 4 heteroatoms. The molecule has 0 radical (unpaired) electrons. The zero-order chi connectivity index (χ0) is 15.7. The number of carbonyl (C=O) groups is 1. The van der Waals surface area contributed by atoms with Crippen LogP contribution in [0.15, 0.2) is 29.1 Å². The fraction of sp³-hybridized carbons (Fsp3) is 0.389. The van der Waals surface area contributed by atoms with E-state index in [0.717, 1.165) is 18.4 Å². The molecule has 1 heterocycles. The fourth-order valence-electron chi connectivity index (χ4n) is 3.04. The summed E-state index contributed by atoms with van der Waals surface area (Å²) >= 11 is 0. The van der Waals surface area contributed by atoms with Crippen LogP contribution in [0, 0.1) is 0 Å². The third kappa shape index (κ3) is 2.61. The number of hydrogen-bond acceptors (Lipinski definition) is 3. The quantitative estimate of drug-likeness (QED) is 0.818. The molecule has 0 aliphatic heterocycles. The minimum Gasteiger partial charge on any atom is -0.294 e. The van der Waals surface area contributed by atoms with Crippen LogP contribution >= 0.6 is 0 Å². The maximum Gasteiger partial charge on any atom is 0.277 e. The van der Waals surface area contributed by atoms with Gasteiger partial charge in [-0.15, -0.1) is 0 Å². The summed E-state index contributed by atoms with van der Waals surface area (Å²) in [5.74, 6) is -0.214. The molecular weight excluding hydrogens is 276 g/mol. The molecule has 2 aromatic rings. The lowest BCUT2D eigenvalue weighted by atomic mass is 9.90. The van der Waals surface area contributed by atoms with E-state index in [9.17, 15) is 9.59 Å². The standard InChI is InChI=1S/C18H20N2O2/c1-3-20-18(22)16(12(2)21)11-17(19-20)15-9-8-13-6-4-5-7-14(13)10-15/h8-11H,3-7H2,1-2H3. The van der Waals surface area contributed by atoms with Gasteiger partial charge >= 0.3 is 0 Å². The molecule has 0 spiro atoms. The van der Waals surface area contributed by atoms with Gasteiger partial charge in [0.05, 0.1) is 11.3 Å². The van der Waals surface area contributed by atoms with Crippen LogP contribution < -0.4 is 5.56 Å². The highest BCUT2D eigenvalue weighted by molar-refractivity contribution is 5.94. The normalized spacial score (nSPS) is 13.7. The van der Waals surface area contributed by atoms with E-state index in [0.29, 0.717) is 12.2 Å². The Balaban J connectivity index is 2.13. The summed E-state index contributed by atoms with van der Waals surface area (Å²) in [6, 6.07) is 7.98. The molecule has 0 amide bonds. The molecule has 0 saturated carbocycles. The molecular formula is C18H20N2O2. The van der Waals surface area contributed by atoms with Crippen molar-refractivity contribution in [2.75, 3.05) is 0 Å². The first kappa shape index (κ1) is 14.7. The highest BCUT2D eigenvalue weighted by Gasteiger charge is 2.15. The lowest BCUT2D eigenvalue weighted by Gasteiger charge is -2.16. The third-order valence-electron chi connectivity index (χ3n) is 4.30. The topological polar surface area (TPSA) is 52.0 Å². The zero-order valence-electron chi connectivity index (χ0n) is 13.1. The molecule has 1 aromatic carbocycles. The van der Waals surface area contributed by atoms with Crippen LogP contribution in [0.3, 0.4) is 0 Å². The number of aromatic nitrogens is 2. The molecule has 114 valence electrons. The van der Waals surface area contributed by atoms with Gasteiger partial charge in [-0.1, -0.05) is 12.1 Å². The smallest absolute Gasteiger partial charge is 0.277 e. The second kappa shape index (κ2) is 5.87. The minimum atomic E-state index is -0.309. The van der Waals surface area contributed by atoms with Gasteiger partial charge in [-0.25, -0.2) is 4.68 Å². The van der Waals surface area contributed by atoms with Gasteiger partial charge in [-0.05, 0) is 62.8 Å². The van der Waals surface area contributed by atoms with Gasteiger partial charge < -0.3 is 0 Å². The number of ketones is 1. The van der Waals surface area contributed by atoms with E-state index in [1.807, 2.05) is 13.0 Å². The molecule has 1 aliphatic carbocycles. The van der Waals surface area contributed by atoms with Gasteiger partial charge in [0, 0.05) is 12.1 Å². The maximum absolute atomic E-state index is 12.1. The van der Waals surface area contributed by atoms with Gasteiger partial charge in [0.25, 0.3) is 5.56 Å². The van der Waals surface area contributed by atoms with E-state index in [2.05, 4.69) is 17.2 Å². The molecule has 0 saturated heterocycles. The highest BCUT2D eigenvalue weighted by atomic mass is 16.1. The molecule has 0 N–H and O–H groups in total. The number of Topliss-reactive ketones (excluding diaryl/α,β-unsaturated/α-hetero) is 1. The third-order valence-corrected chi connectivity index (χ3v) is 4.30. The first-order chi connectivity index (χ1) is 10.6. The summed E-state index contributed by atoms with van der Waals surface area (Å²) in [5.41, 5.74) is 4.35. The number of aryl methyl sites for hydroxylation is 3. The molecule has 1 aromatic heterocycles. The summed E-state index contributed by atoms with van der Waals surface area (Å²) < 4.78 is 1.37. The van der Waals surface area contributed by atoms with E-state index >= 15 is 0 Å². The largest absolute Gasteiger partial charge is 0.294 e. The summed E-state index contributed by atoms with van der Waals surface area (Å²) in [7, 11) is 0. The predicted octanol–water partition coefficient (Wildman–Crippen LogP) is 3.01. The second-order valence-corrected chi connectivity index (χ2v) is 5.81. The SMILES string of the molecule is CCn1nc(-c2ccc3c(c2)CCCC3)cc(C(C)=O)c1=O. The Hall–Kier alpha value is -2.23. The Bertz CT molecular complexity index is 790. The lowest BCUT2D eigenvalue weighted by Crippen LogP contribution is -2.27. The first-order valence-corrected chi connectivity index (χ1v) is 7.85. The van der Waals surface area contributed by atoms with E-state index in [1.165, 1.54) is 35.6 Å². The Kier molecular flexibility index (Phi) is 3.92. The van der Waals surface area contributed by atoms with E-state index < -0.39 is 0 Å². The molecule has 0 bridgehead atoms. The van der Waals surface area contributed by atoms with E-state index in [-0.39, 0.29) is 16.9 Å². The molecule has 3 rings (SSSR count). The fourth-order valence-corrected chi connectivity index (χ4v) is 3.04. The predicted molar refractivity (Wildman–Crippen MR) is 86.3 cm³/mol. The number of hydrogen-bond donors (Lipinski definition) is 0. The van der Waals surface area contributed by atoms with Crippen molar-refractivity contribution in [3.63, 3.8) is 0 Å². The van der Waals surface area contributed by atoms with Crippen LogP contribution in [0.4, 0.5) is 0 Å². The number of rotatable bonds is 3. The van der Waals surface area contributed by atoms with Gasteiger partial charge in [0.15, 0.2) is 5.78 Å². The van der Waals surface area contributed by atoms with Crippen molar-refractivity contribution in [3.05, 3.63) is 51.3 Å². The van der Waals surface area contributed by atoms with Crippen molar-refractivity contribution >= 4 is 5.78 Å². The van der Waals surface area contributed by atoms with Crippen molar-refractivity contribution < 1.29 is 4.79 Å².